The van der Waals surface area contributed by atoms with Gasteiger partial charge in [-0.1, -0.05) is 24.3 Å². The molecule has 0 radical (unpaired) electrons. The van der Waals surface area contributed by atoms with Crippen LogP contribution in [0.5, 0.6) is 5.88 Å². The highest BCUT2D eigenvalue weighted by atomic mass is 19.4. The third-order valence-corrected chi connectivity index (χ3v) is 6.08. The Balaban J connectivity index is 1.41. The van der Waals surface area contributed by atoms with Gasteiger partial charge in [-0.15, -0.1) is 0 Å². The van der Waals surface area contributed by atoms with E-state index in [0.29, 0.717) is 17.4 Å². The van der Waals surface area contributed by atoms with Crippen molar-refractivity contribution < 1.29 is 17.9 Å². The summed E-state index contributed by atoms with van der Waals surface area (Å²) in [5, 5.41) is 4.78. The second kappa shape index (κ2) is 8.27. The molecule has 0 aliphatic heterocycles. The van der Waals surface area contributed by atoms with E-state index in [1.54, 1.807) is 26.3 Å². The summed E-state index contributed by atoms with van der Waals surface area (Å²) in [5.41, 5.74) is 3.19. The molecule has 3 heterocycles. The second-order valence-corrected chi connectivity index (χ2v) is 8.45. The molecule has 34 heavy (non-hydrogen) atoms. The zero-order valence-electron chi connectivity index (χ0n) is 18.9. The molecule has 176 valence electrons. The van der Waals surface area contributed by atoms with Crippen molar-refractivity contribution in [2.75, 3.05) is 7.11 Å². The fraction of sp³-hybridized carbons (Fsp3) is 0.333. The van der Waals surface area contributed by atoms with Gasteiger partial charge in [-0.2, -0.15) is 18.3 Å². The lowest BCUT2D eigenvalue weighted by Crippen LogP contribution is -2.08. The molecule has 3 aromatic heterocycles. The van der Waals surface area contributed by atoms with Gasteiger partial charge in [-0.05, 0) is 31.4 Å². The number of ether oxygens (including phenoxy) is 1. The van der Waals surface area contributed by atoms with Gasteiger partial charge in [0.05, 0.1) is 30.1 Å². The number of nitrogens with zero attached hydrogens (tertiary/aromatic N) is 6. The maximum absolute atomic E-state index is 13.0. The van der Waals surface area contributed by atoms with Crippen molar-refractivity contribution in [3.05, 3.63) is 66.0 Å². The Morgan fingerprint density at radius 3 is 2.44 bits per heavy atom. The third-order valence-electron chi connectivity index (χ3n) is 6.08. The maximum Gasteiger partial charge on any atom is 0.434 e. The number of halogens is 3. The van der Waals surface area contributed by atoms with Crippen molar-refractivity contribution >= 4 is 0 Å². The molecule has 1 aliphatic rings. The summed E-state index contributed by atoms with van der Waals surface area (Å²) in [5.74, 6) is 1.18. The van der Waals surface area contributed by atoms with Crippen LogP contribution in [0.15, 0.2) is 49.1 Å². The highest BCUT2D eigenvalue weighted by Gasteiger charge is 2.34. The van der Waals surface area contributed by atoms with Gasteiger partial charge in [0.2, 0.25) is 5.88 Å². The summed E-state index contributed by atoms with van der Waals surface area (Å²) in [4.78, 5) is 12.5. The third kappa shape index (κ3) is 4.04. The fourth-order valence-corrected chi connectivity index (χ4v) is 4.07. The van der Waals surface area contributed by atoms with Crippen molar-refractivity contribution in [2.24, 2.45) is 7.05 Å². The smallest absolute Gasteiger partial charge is 0.434 e. The predicted molar refractivity (Wildman–Crippen MR) is 119 cm³/mol. The molecular weight excluding hydrogens is 445 g/mol. The molecule has 1 fully saturated rings. The van der Waals surface area contributed by atoms with Crippen LogP contribution in [0.2, 0.25) is 0 Å². The first-order valence-corrected chi connectivity index (χ1v) is 10.9. The van der Waals surface area contributed by atoms with Gasteiger partial charge in [0.1, 0.15) is 12.2 Å². The van der Waals surface area contributed by atoms with Crippen LogP contribution >= 0.6 is 0 Å². The van der Waals surface area contributed by atoms with E-state index >= 15 is 0 Å². The number of rotatable bonds is 6. The second-order valence-electron chi connectivity index (χ2n) is 8.45. The predicted octanol–water partition coefficient (Wildman–Crippen LogP) is 5.25. The zero-order chi connectivity index (χ0) is 24.0. The quantitative estimate of drug-likeness (QED) is 0.386. The van der Waals surface area contributed by atoms with Crippen molar-refractivity contribution in [1.82, 2.24) is 29.3 Å². The van der Waals surface area contributed by atoms with Crippen LogP contribution in [0.4, 0.5) is 13.2 Å². The lowest BCUT2D eigenvalue weighted by Gasteiger charge is -2.14. The Morgan fingerprint density at radius 2 is 1.82 bits per heavy atom. The Labute approximate surface area is 194 Å². The van der Waals surface area contributed by atoms with Crippen molar-refractivity contribution in [1.29, 1.82) is 0 Å². The van der Waals surface area contributed by atoms with Crippen molar-refractivity contribution in [2.45, 2.75) is 37.9 Å². The van der Waals surface area contributed by atoms with E-state index in [1.807, 2.05) is 36.0 Å². The van der Waals surface area contributed by atoms with E-state index in [1.165, 1.54) is 10.9 Å². The molecule has 1 aliphatic carbocycles. The van der Waals surface area contributed by atoms with E-state index < -0.39 is 11.9 Å². The Hall–Kier alpha value is -3.69. The van der Waals surface area contributed by atoms with Crippen LogP contribution < -0.4 is 4.74 Å². The first kappa shape index (κ1) is 22.1. The number of hydrogen-bond acceptors (Lipinski definition) is 5. The van der Waals surface area contributed by atoms with E-state index in [4.69, 9.17) is 9.84 Å². The Kier molecular flexibility index (Phi) is 5.38. The lowest BCUT2D eigenvalue weighted by atomic mass is 10.1. The standard InChI is InChI=1S/C24H23F3N6O/c1-14(15-4-8-17(9-5-15)22-30-19(12-32(22)2)24(25,26)27)33-11-10-18(31-33)20-21(16-6-7-16)28-13-29-23(20)34-3/h4-5,8-14,16H,6-7H2,1-3H3/t14-/m0/s1. The number of hydrogen-bond donors (Lipinski definition) is 0. The minimum atomic E-state index is -4.48. The number of methoxy groups -OCH3 is 1. The largest absolute Gasteiger partial charge is 0.480 e. The molecule has 0 amide bonds. The number of alkyl halides is 3. The van der Waals surface area contributed by atoms with Crippen LogP contribution in [-0.4, -0.2) is 36.4 Å². The molecule has 1 atom stereocenters. The summed E-state index contributed by atoms with van der Waals surface area (Å²) in [6, 6.07) is 9.13. The van der Waals surface area contributed by atoms with Gasteiger partial charge >= 0.3 is 6.18 Å². The van der Waals surface area contributed by atoms with Gasteiger partial charge in [-0.3, -0.25) is 4.68 Å². The number of aryl methyl sites for hydroxylation is 1. The molecule has 5 rings (SSSR count). The fourth-order valence-electron chi connectivity index (χ4n) is 4.07. The average Bonchev–Trinajstić information content (AvgIpc) is 3.42. The van der Waals surface area contributed by atoms with Crippen LogP contribution in [0.25, 0.3) is 22.6 Å². The number of imidazole rings is 1. The minimum absolute atomic E-state index is 0.102. The monoisotopic (exact) mass is 468 g/mol. The highest BCUT2D eigenvalue weighted by molar-refractivity contribution is 5.68. The molecule has 1 aromatic carbocycles. The van der Waals surface area contributed by atoms with Gasteiger partial charge in [0.15, 0.2) is 5.69 Å². The van der Waals surface area contributed by atoms with Gasteiger partial charge in [0.25, 0.3) is 0 Å². The molecule has 1 saturated carbocycles. The van der Waals surface area contributed by atoms with Crippen LogP contribution in [0.1, 0.15) is 48.7 Å². The van der Waals surface area contributed by atoms with Crippen molar-refractivity contribution in [3.63, 3.8) is 0 Å². The summed E-state index contributed by atoms with van der Waals surface area (Å²) in [6.45, 7) is 2.01. The normalized spacial score (nSPS) is 14.9. The molecular formula is C24H23F3N6O. The summed E-state index contributed by atoms with van der Waals surface area (Å²) in [7, 11) is 3.14. The van der Waals surface area contributed by atoms with Gasteiger partial charge in [0, 0.05) is 30.9 Å². The molecule has 0 saturated heterocycles. The van der Waals surface area contributed by atoms with E-state index in [0.717, 1.165) is 41.6 Å². The molecule has 0 N–H and O–H groups in total. The van der Waals surface area contributed by atoms with E-state index in [9.17, 15) is 13.2 Å². The Bertz CT molecular complexity index is 1320. The summed E-state index contributed by atoms with van der Waals surface area (Å²) < 4.78 is 47.7. The first-order chi connectivity index (χ1) is 16.3. The molecule has 0 spiro atoms. The molecule has 4 aromatic rings. The number of aromatic nitrogens is 6. The number of benzene rings is 1. The maximum atomic E-state index is 13.0. The van der Waals surface area contributed by atoms with E-state index in [-0.39, 0.29) is 11.9 Å². The SMILES string of the molecule is COc1ncnc(C2CC2)c1-c1ccn([C@@H](C)c2ccc(-c3nc(C(F)(F)F)cn3C)cc2)n1. The van der Waals surface area contributed by atoms with Crippen LogP contribution in [-0.2, 0) is 13.2 Å². The Morgan fingerprint density at radius 1 is 1.09 bits per heavy atom. The molecule has 0 bridgehead atoms. The zero-order valence-corrected chi connectivity index (χ0v) is 18.9. The van der Waals surface area contributed by atoms with Crippen LogP contribution in [0.3, 0.4) is 0 Å². The summed E-state index contributed by atoms with van der Waals surface area (Å²) in [6.07, 6.45) is 2.12. The average molecular weight is 468 g/mol. The first-order valence-electron chi connectivity index (χ1n) is 10.9. The highest BCUT2D eigenvalue weighted by Crippen LogP contribution is 2.45. The molecule has 0 unspecified atom stereocenters. The van der Waals surface area contributed by atoms with Crippen LogP contribution in [0, 0.1) is 0 Å². The summed E-state index contributed by atoms with van der Waals surface area (Å²) >= 11 is 0. The minimum Gasteiger partial charge on any atom is -0.480 e. The van der Waals surface area contributed by atoms with E-state index in [2.05, 4.69) is 15.0 Å². The lowest BCUT2D eigenvalue weighted by molar-refractivity contribution is -0.140. The van der Waals surface area contributed by atoms with Gasteiger partial charge in [-0.25, -0.2) is 15.0 Å². The van der Waals surface area contributed by atoms with Crippen molar-refractivity contribution in [3.8, 4) is 28.5 Å². The molecule has 7 nitrogen and oxygen atoms in total. The molecule has 10 heteroatoms. The van der Waals surface area contributed by atoms with Gasteiger partial charge < -0.3 is 9.30 Å². The topological polar surface area (TPSA) is 70.7 Å².